The van der Waals surface area contributed by atoms with Gasteiger partial charge in [-0.2, -0.15) is 5.26 Å². The lowest BCUT2D eigenvalue weighted by molar-refractivity contribution is 0.505. The molecule has 0 aromatic heterocycles. The van der Waals surface area contributed by atoms with E-state index in [9.17, 15) is 0 Å². The second-order valence-electron chi connectivity index (χ2n) is 4.34. The highest BCUT2D eigenvalue weighted by Gasteiger charge is 2.17. The summed E-state index contributed by atoms with van der Waals surface area (Å²) in [4.78, 5) is 2.11. The molecule has 3 heteroatoms. The second-order valence-corrected chi connectivity index (χ2v) is 4.75. The zero-order valence-corrected chi connectivity index (χ0v) is 10.9. The van der Waals surface area contributed by atoms with E-state index in [1.54, 1.807) is 6.07 Å². The highest BCUT2D eigenvalue weighted by molar-refractivity contribution is 6.32. The molecule has 0 spiro atoms. The fraction of sp³-hybridized carbons (Fsp3) is 0.462. The van der Waals surface area contributed by atoms with Crippen LogP contribution in [0.5, 0.6) is 0 Å². The second kappa shape index (κ2) is 5.23. The van der Waals surface area contributed by atoms with Gasteiger partial charge in [-0.3, -0.25) is 0 Å². The molecule has 0 heterocycles. The first-order valence-electron chi connectivity index (χ1n) is 5.40. The molecule has 1 unspecified atom stereocenters. The molecule has 0 fully saturated rings. The molecule has 0 amide bonds. The van der Waals surface area contributed by atoms with E-state index in [-0.39, 0.29) is 0 Å². The molecule has 0 aliphatic carbocycles. The van der Waals surface area contributed by atoms with Crippen LogP contribution < -0.4 is 4.90 Å². The van der Waals surface area contributed by atoms with Crippen LogP contribution in [0.4, 0.5) is 5.69 Å². The van der Waals surface area contributed by atoms with Crippen molar-refractivity contribution in [2.24, 2.45) is 5.92 Å². The van der Waals surface area contributed by atoms with E-state index in [0.29, 0.717) is 22.5 Å². The number of rotatable bonds is 3. The molecule has 0 aliphatic heterocycles. The Hall–Kier alpha value is -1.20. The molecule has 86 valence electrons. The van der Waals surface area contributed by atoms with E-state index in [4.69, 9.17) is 16.9 Å². The zero-order valence-electron chi connectivity index (χ0n) is 10.2. The Morgan fingerprint density at radius 3 is 2.44 bits per heavy atom. The van der Waals surface area contributed by atoms with Crippen molar-refractivity contribution in [1.82, 2.24) is 0 Å². The summed E-state index contributed by atoms with van der Waals surface area (Å²) < 4.78 is 0. The van der Waals surface area contributed by atoms with Crippen molar-refractivity contribution in [1.29, 1.82) is 5.26 Å². The summed E-state index contributed by atoms with van der Waals surface area (Å²) in [6.45, 7) is 6.47. The van der Waals surface area contributed by atoms with Gasteiger partial charge in [0.05, 0.1) is 16.3 Å². The third-order valence-corrected chi connectivity index (χ3v) is 3.37. The third kappa shape index (κ3) is 2.48. The maximum absolute atomic E-state index is 9.11. The van der Waals surface area contributed by atoms with Crippen molar-refractivity contribution >= 4 is 17.3 Å². The number of hydrogen-bond acceptors (Lipinski definition) is 2. The fourth-order valence-corrected chi connectivity index (χ4v) is 1.80. The third-order valence-electron chi connectivity index (χ3n) is 3.06. The Balaban J connectivity index is 3.14. The Morgan fingerprint density at radius 2 is 1.94 bits per heavy atom. The Bertz CT molecular complexity index is 407. The minimum Gasteiger partial charge on any atom is -0.371 e. The average Bonchev–Trinajstić information content (AvgIpc) is 2.26. The van der Waals surface area contributed by atoms with E-state index < -0.39 is 0 Å². The van der Waals surface area contributed by atoms with E-state index in [1.807, 2.05) is 19.2 Å². The van der Waals surface area contributed by atoms with Crippen molar-refractivity contribution in [3.63, 3.8) is 0 Å². The van der Waals surface area contributed by atoms with Gasteiger partial charge in [0.1, 0.15) is 6.07 Å². The van der Waals surface area contributed by atoms with Crippen molar-refractivity contribution in [3.8, 4) is 6.07 Å². The van der Waals surface area contributed by atoms with Crippen LogP contribution >= 0.6 is 11.6 Å². The van der Waals surface area contributed by atoms with Crippen LogP contribution in [-0.2, 0) is 0 Å². The maximum Gasteiger partial charge on any atom is 0.103 e. The Morgan fingerprint density at radius 1 is 1.31 bits per heavy atom. The molecule has 0 aliphatic rings. The van der Waals surface area contributed by atoms with Gasteiger partial charge < -0.3 is 4.90 Å². The minimum absolute atomic E-state index is 0.366. The predicted molar refractivity (Wildman–Crippen MR) is 68.9 cm³/mol. The molecule has 0 radical (unpaired) electrons. The summed E-state index contributed by atoms with van der Waals surface area (Å²) in [6, 6.07) is 8.09. The molecule has 1 atom stereocenters. The smallest absolute Gasteiger partial charge is 0.103 e. The van der Waals surface area contributed by atoms with Crippen LogP contribution in [0.1, 0.15) is 26.3 Å². The van der Waals surface area contributed by atoms with Gasteiger partial charge in [-0.1, -0.05) is 31.5 Å². The largest absolute Gasteiger partial charge is 0.371 e. The van der Waals surface area contributed by atoms with Crippen LogP contribution in [0.3, 0.4) is 0 Å². The summed E-state index contributed by atoms with van der Waals surface area (Å²) >= 11 is 6.01. The van der Waals surface area contributed by atoms with Gasteiger partial charge in [0.2, 0.25) is 0 Å². The van der Waals surface area contributed by atoms with Gasteiger partial charge in [0, 0.05) is 13.1 Å². The molecule has 0 saturated heterocycles. The predicted octanol–water partition coefficient (Wildman–Crippen LogP) is 3.69. The zero-order chi connectivity index (χ0) is 12.3. The first kappa shape index (κ1) is 12.9. The van der Waals surface area contributed by atoms with Crippen LogP contribution in [0.2, 0.25) is 5.02 Å². The number of anilines is 1. The summed E-state index contributed by atoms with van der Waals surface area (Å²) in [7, 11) is 2.00. The lowest BCUT2D eigenvalue weighted by Crippen LogP contribution is -2.33. The highest BCUT2D eigenvalue weighted by Crippen LogP contribution is 2.28. The van der Waals surface area contributed by atoms with Crippen molar-refractivity contribution in [3.05, 3.63) is 28.8 Å². The molecule has 1 rings (SSSR count). The average molecular weight is 237 g/mol. The van der Waals surface area contributed by atoms with Crippen LogP contribution in [-0.4, -0.2) is 13.1 Å². The molecule has 1 aromatic rings. The topological polar surface area (TPSA) is 27.0 Å². The Kier molecular flexibility index (Phi) is 4.20. The summed E-state index contributed by atoms with van der Waals surface area (Å²) in [5.74, 6) is 0.524. The van der Waals surface area contributed by atoms with Crippen molar-refractivity contribution in [2.75, 3.05) is 11.9 Å². The van der Waals surface area contributed by atoms with Gasteiger partial charge in [-0.05, 0) is 25.0 Å². The normalized spacial score (nSPS) is 12.3. The Labute approximate surface area is 102 Å². The van der Waals surface area contributed by atoms with E-state index in [1.165, 1.54) is 0 Å². The number of nitrogens with zero attached hydrogens (tertiary/aromatic N) is 2. The van der Waals surface area contributed by atoms with Gasteiger partial charge in [0.25, 0.3) is 0 Å². The summed E-state index contributed by atoms with van der Waals surface area (Å²) in [5, 5.41) is 9.62. The molecule has 2 nitrogen and oxygen atoms in total. The van der Waals surface area contributed by atoms with Gasteiger partial charge in [0.15, 0.2) is 0 Å². The van der Waals surface area contributed by atoms with E-state index in [2.05, 4.69) is 31.7 Å². The van der Waals surface area contributed by atoms with E-state index >= 15 is 0 Å². The summed E-state index contributed by atoms with van der Waals surface area (Å²) in [5.41, 5.74) is 1.45. The van der Waals surface area contributed by atoms with Crippen LogP contribution in [0.25, 0.3) is 0 Å². The van der Waals surface area contributed by atoms with Gasteiger partial charge in [-0.25, -0.2) is 0 Å². The van der Waals surface area contributed by atoms with Gasteiger partial charge >= 0.3 is 0 Å². The quantitative estimate of drug-likeness (QED) is 0.800. The molecule has 1 aromatic carbocycles. The lowest BCUT2D eigenvalue weighted by Gasteiger charge is -2.30. The standard InChI is InChI=1S/C13H17ClN2/c1-9(2)10(3)16(4)13-7-5-6-12(14)11(13)8-15/h5-7,9-10H,1-4H3. The van der Waals surface area contributed by atoms with Crippen molar-refractivity contribution < 1.29 is 0 Å². The first-order valence-corrected chi connectivity index (χ1v) is 5.78. The number of halogens is 1. The molecule has 0 saturated carbocycles. The first-order chi connectivity index (χ1) is 7.49. The molecule has 0 bridgehead atoms. The molecular weight excluding hydrogens is 220 g/mol. The van der Waals surface area contributed by atoms with E-state index in [0.717, 1.165) is 5.69 Å². The van der Waals surface area contributed by atoms with Crippen LogP contribution in [0, 0.1) is 17.2 Å². The minimum atomic E-state index is 0.366. The number of nitriles is 1. The maximum atomic E-state index is 9.11. The highest BCUT2D eigenvalue weighted by atomic mass is 35.5. The lowest BCUT2D eigenvalue weighted by atomic mass is 10.0. The number of hydrogen-bond donors (Lipinski definition) is 0. The monoisotopic (exact) mass is 236 g/mol. The SMILES string of the molecule is CC(C)C(C)N(C)c1cccc(Cl)c1C#N. The molecule has 16 heavy (non-hydrogen) atoms. The number of benzene rings is 1. The van der Waals surface area contributed by atoms with Crippen LogP contribution in [0.15, 0.2) is 18.2 Å². The fourth-order valence-electron chi connectivity index (χ4n) is 1.58. The van der Waals surface area contributed by atoms with Crippen molar-refractivity contribution in [2.45, 2.75) is 26.8 Å². The molecular formula is C13H17ClN2. The van der Waals surface area contributed by atoms with Gasteiger partial charge in [-0.15, -0.1) is 0 Å². The molecule has 0 N–H and O–H groups in total. The summed E-state index contributed by atoms with van der Waals surface area (Å²) in [6.07, 6.45) is 0.